The Labute approximate surface area is 244 Å². The number of rotatable bonds is 4. The maximum atomic E-state index is 13.8. The van der Waals surface area contributed by atoms with Crippen molar-refractivity contribution in [3.05, 3.63) is 52.6 Å². The summed E-state index contributed by atoms with van der Waals surface area (Å²) in [5.41, 5.74) is 6.67. The number of morpholine rings is 1. The summed E-state index contributed by atoms with van der Waals surface area (Å²) in [5.74, 6) is 7.89. The number of aliphatic hydroxyl groups is 1. The number of carbonyl (C=O) groups excluding carboxylic acids is 1. The molecule has 1 aromatic rings. The van der Waals surface area contributed by atoms with Gasteiger partial charge in [-0.25, -0.2) is 0 Å². The highest BCUT2D eigenvalue weighted by molar-refractivity contribution is 5.97. The second kappa shape index (κ2) is 11.1. The Kier molecular flexibility index (Phi) is 7.63. The van der Waals surface area contributed by atoms with E-state index >= 15 is 0 Å². The normalized spacial score (nSPS) is 35.7. The van der Waals surface area contributed by atoms with E-state index in [1.807, 2.05) is 6.92 Å². The van der Waals surface area contributed by atoms with Crippen molar-refractivity contribution in [2.45, 2.75) is 71.6 Å². The molecule has 6 heteroatoms. The number of benzene rings is 1. The van der Waals surface area contributed by atoms with Crippen LogP contribution >= 0.6 is 0 Å². The van der Waals surface area contributed by atoms with Crippen LogP contribution in [0.25, 0.3) is 0 Å². The summed E-state index contributed by atoms with van der Waals surface area (Å²) in [5, 5.41) is 22.9. The Bertz CT molecular complexity index is 1340. The minimum Gasteiger partial charge on any atom is -0.411 e. The minimum absolute atomic E-state index is 0.191. The van der Waals surface area contributed by atoms with E-state index in [9.17, 15) is 15.1 Å². The number of oxime groups is 1. The van der Waals surface area contributed by atoms with Gasteiger partial charge in [0, 0.05) is 31.1 Å². The van der Waals surface area contributed by atoms with Crippen molar-refractivity contribution in [1.29, 1.82) is 0 Å². The van der Waals surface area contributed by atoms with Crippen LogP contribution in [0.3, 0.4) is 0 Å². The number of ether oxygens (including phenoxy) is 1. The number of hydrogen-bond donors (Lipinski definition) is 2. The lowest BCUT2D eigenvalue weighted by Gasteiger charge is -2.55. The molecule has 2 N–H and O–H groups in total. The van der Waals surface area contributed by atoms with Crippen molar-refractivity contribution < 1.29 is 19.8 Å². The van der Waals surface area contributed by atoms with Crippen molar-refractivity contribution in [3.63, 3.8) is 0 Å². The number of carbonyl (C=O) groups is 1. The molecule has 1 aliphatic heterocycles. The molecule has 1 aromatic carbocycles. The Morgan fingerprint density at radius 2 is 1.95 bits per heavy atom. The third-order valence-corrected chi connectivity index (χ3v) is 11.3. The van der Waals surface area contributed by atoms with Crippen LogP contribution in [0.15, 0.2) is 52.2 Å². The number of Topliss-reactive ketones (excluding diaryl/α,β-unsaturated/α-hetero) is 1. The topological polar surface area (TPSA) is 82.4 Å². The third kappa shape index (κ3) is 4.48. The lowest BCUT2D eigenvalue weighted by atomic mass is 9.47. The molecule has 6 nitrogen and oxygen atoms in total. The van der Waals surface area contributed by atoms with Gasteiger partial charge >= 0.3 is 0 Å². The molecule has 1 saturated heterocycles. The zero-order valence-electron chi connectivity index (χ0n) is 24.8. The highest BCUT2D eigenvalue weighted by atomic mass is 16.5. The Balaban J connectivity index is 1.50. The van der Waals surface area contributed by atoms with Gasteiger partial charge in [-0.15, -0.1) is 0 Å². The molecule has 4 aliphatic carbocycles. The van der Waals surface area contributed by atoms with Crippen LogP contribution in [0.2, 0.25) is 0 Å². The smallest absolute Gasteiger partial charge is 0.151 e. The minimum atomic E-state index is -0.722. The van der Waals surface area contributed by atoms with Crippen molar-refractivity contribution in [3.8, 4) is 11.8 Å². The fourth-order valence-corrected chi connectivity index (χ4v) is 9.33. The summed E-state index contributed by atoms with van der Waals surface area (Å²) < 4.78 is 5.57. The summed E-state index contributed by atoms with van der Waals surface area (Å²) in [6, 6.07) is 9.15. The van der Waals surface area contributed by atoms with E-state index in [2.05, 4.69) is 66.1 Å². The van der Waals surface area contributed by atoms with Gasteiger partial charge in [0.1, 0.15) is 6.61 Å². The van der Waals surface area contributed by atoms with Crippen molar-refractivity contribution in [1.82, 2.24) is 0 Å². The number of aliphatic hydroxyl groups excluding tert-OH is 1. The van der Waals surface area contributed by atoms with Crippen LogP contribution in [0.1, 0.15) is 77.2 Å². The summed E-state index contributed by atoms with van der Waals surface area (Å²) in [4.78, 5) is 16.2. The van der Waals surface area contributed by atoms with E-state index in [-0.39, 0.29) is 23.7 Å². The van der Waals surface area contributed by atoms with Crippen LogP contribution in [0.4, 0.5) is 5.69 Å². The zero-order chi connectivity index (χ0) is 28.8. The van der Waals surface area contributed by atoms with E-state index in [1.54, 1.807) is 5.57 Å². The first-order chi connectivity index (χ1) is 19.9. The fourth-order valence-electron chi connectivity index (χ4n) is 9.33. The highest BCUT2D eigenvalue weighted by Gasteiger charge is 2.65. The monoisotopic (exact) mass is 556 g/mol. The Morgan fingerprint density at radius 1 is 1.20 bits per heavy atom. The summed E-state index contributed by atoms with van der Waals surface area (Å²) in [7, 11) is 0. The average molecular weight is 557 g/mol. The van der Waals surface area contributed by atoms with Gasteiger partial charge in [0.05, 0.1) is 24.3 Å². The Hall–Kier alpha value is -2.88. The molecule has 2 saturated carbocycles. The lowest BCUT2D eigenvalue weighted by molar-refractivity contribution is -0.132. The predicted octanol–water partition coefficient (Wildman–Crippen LogP) is 5.89. The van der Waals surface area contributed by atoms with Gasteiger partial charge in [-0.1, -0.05) is 55.5 Å². The molecule has 6 rings (SSSR count). The molecule has 0 spiro atoms. The number of fused-ring (bicyclic) bond motifs is 4. The molecular weight excluding hydrogens is 512 g/mol. The van der Waals surface area contributed by atoms with Crippen molar-refractivity contribution in [2.75, 3.05) is 37.8 Å². The first kappa shape index (κ1) is 28.2. The molecule has 218 valence electrons. The van der Waals surface area contributed by atoms with Crippen LogP contribution in [0.5, 0.6) is 0 Å². The molecule has 41 heavy (non-hydrogen) atoms. The molecule has 0 radical (unpaired) electrons. The number of nitrogens with zero attached hydrogens (tertiary/aromatic N) is 2. The summed E-state index contributed by atoms with van der Waals surface area (Å²) in [6.07, 6.45) is 7.92. The quantitative estimate of drug-likeness (QED) is 0.275. The van der Waals surface area contributed by atoms with Gasteiger partial charge in [-0.05, 0) is 96.6 Å². The predicted molar refractivity (Wildman–Crippen MR) is 161 cm³/mol. The number of ketones is 1. The average Bonchev–Trinajstić information content (AvgIpc) is 3.32. The molecule has 0 aromatic heterocycles. The van der Waals surface area contributed by atoms with Crippen LogP contribution in [-0.2, 0) is 9.53 Å². The molecule has 5 aliphatic rings. The fraction of sp³-hybridized carbons (Fsp3) is 0.600. The van der Waals surface area contributed by atoms with E-state index in [1.165, 1.54) is 22.4 Å². The molecule has 6 atom stereocenters. The lowest BCUT2D eigenvalue weighted by Crippen LogP contribution is -2.51. The number of hydrogen-bond acceptors (Lipinski definition) is 6. The van der Waals surface area contributed by atoms with Gasteiger partial charge in [-0.3, -0.25) is 4.79 Å². The van der Waals surface area contributed by atoms with E-state index in [0.717, 1.165) is 70.5 Å². The van der Waals surface area contributed by atoms with Gasteiger partial charge in [-0.2, -0.15) is 0 Å². The van der Waals surface area contributed by atoms with E-state index in [0.29, 0.717) is 24.2 Å². The molecule has 1 heterocycles. The second-order valence-electron chi connectivity index (χ2n) is 13.0. The largest absolute Gasteiger partial charge is 0.411 e. The van der Waals surface area contributed by atoms with Crippen LogP contribution in [0, 0.1) is 40.4 Å². The second-order valence-corrected chi connectivity index (χ2v) is 13.0. The molecule has 1 unspecified atom stereocenters. The maximum absolute atomic E-state index is 13.8. The first-order valence-corrected chi connectivity index (χ1v) is 15.6. The van der Waals surface area contributed by atoms with Crippen LogP contribution < -0.4 is 4.90 Å². The number of anilines is 1. The molecular formula is C35H44N2O4. The van der Waals surface area contributed by atoms with Crippen LogP contribution in [-0.4, -0.2) is 54.7 Å². The number of allylic oxidation sites excluding steroid dienone is 4. The molecule has 0 amide bonds. The van der Waals surface area contributed by atoms with Gasteiger partial charge in [0.2, 0.25) is 0 Å². The standard InChI is InChI=1S/C35H44N2O4/c1-4-32(39)35(13-5-17-38)14-12-31-29-20-23(2)28-21-25(36-40)8-11-27(28)33(29)30(22-34(31,35)3)24-6-9-26(10-7-24)37-15-18-41-19-16-37/h6-7,9-10,21,23,29-31,38,40H,4,8,11-12,14-20,22H2,1-3H3/b36-25+/t23?,29-,30+,31-,34-,35+/m0/s1. The van der Waals surface area contributed by atoms with Gasteiger partial charge in [0.15, 0.2) is 5.78 Å². The highest BCUT2D eigenvalue weighted by Crippen LogP contribution is 2.70. The third-order valence-electron chi connectivity index (χ3n) is 11.3. The zero-order valence-corrected chi connectivity index (χ0v) is 24.8. The maximum Gasteiger partial charge on any atom is 0.151 e. The van der Waals surface area contributed by atoms with E-state index < -0.39 is 5.41 Å². The molecule has 3 fully saturated rings. The Morgan fingerprint density at radius 3 is 2.63 bits per heavy atom. The molecule has 0 bridgehead atoms. The summed E-state index contributed by atoms with van der Waals surface area (Å²) in [6.45, 7) is 9.73. The van der Waals surface area contributed by atoms with Gasteiger partial charge < -0.3 is 20.0 Å². The van der Waals surface area contributed by atoms with Gasteiger partial charge in [0.25, 0.3) is 0 Å². The first-order valence-electron chi connectivity index (χ1n) is 15.6. The van der Waals surface area contributed by atoms with Crippen molar-refractivity contribution in [2.24, 2.45) is 33.7 Å². The van der Waals surface area contributed by atoms with E-state index in [4.69, 9.17) is 4.74 Å². The summed E-state index contributed by atoms with van der Waals surface area (Å²) >= 11 is 0. The van der Waals surface area contributed by atoms with Crippen molar-refractivity contribution >= 4 is 17.2 Å². The SMILES string of the molecule is CCC(=O)[C@@]1(C#CCO)CC[C@H]2[C@@H]3CC(C)C4=C/C(=N/O)CCC4=C3[C@@H](c3ccc(N4CCOCC4)cc3)C[C@@]21C.